The van der Waals surface area contributed by atoms with Gasteiger partial charge in [0.1, 0.15) is 6.10 Å². The van der Waals surface area contributed by atoms with Crippen molar-refractivity contribution in [1.29, 1.82) is 0 Å². The van der Waals surface area contributed by atoms with Crippen molar-refractivity contribution < 1.29 is 9.47 Å². The summed E-state index contributed by atoms with van der Waals surface area (Å²) in [5.41, 5.74) is 1.38. The van der Waals surface area contributed by atoms with E-state index in [2.05, 4.69) is 31.2 Å². The maximum atomic E-state index is 5.96. The number of hydrogen-bond donors (Lipinski definition) is 0. The zero-order chi connectivity index (χ0) is 11.0. The first-order valence-corrected chi connectivity index (χ1v) is 6.11. The Bertz CT molecular complexity index is 362. The van der Waals surface area contributed by atoms with Crippen molar-refractivity contribution in [2.24, 2.45) is 0 Å². The van der Waals surface area contributed by atoms with Crippen molar-refractivity contribution in [3.63, 3.8) is 0 Å². The van der Waals surface area contributed by atoms with Crippen LogP contribution >= 0.6 is 0 Å². The van der Waals surface area contributed by atoms with Gasteiger partial charge in [-0.2, -0.15) is 0 Å². The Morgan fingerprint density at radius 1 is 1.38 bits per heavy atom. The highest BCUT2D eigenvalue weighted by atomic mass is 16.6. The Balaban J connectivity index is 1.56. The molecule has 0 radical (unpaired) electrons. The van der Waals surface area contributed by atoms with E-state index in [-0.39, 0.29) is 5.60 Å². The van der Waals surface area contributed by atoms with Crippen LogP contribution in [0, 0.1) is 0 Å². The summed E-state index contributed by atoms with van der Waals surface area (Å²) in [5.74, 6) is 0. The highest BCUT2D eigenvalue weighted by Crippen LogP contribution is 2.48. The van der Waals surface area contributed by atoms with E-state index in [1.807, 2.05) is 6.07 Å². The summed E-state index contributed by atoms with van der Waals surface area (Å²) in [6.45, 7) is 2.91. The van der Waals surface area contributed by atoms with Gasteiger partial charge in [0.15, 0.2) is 0 Å². The first-order chi connectivity index (χ1) is 7.78. The second-order valence-electron chi connectivity index (χ2n) is 5.08. The summed E-state index contributed by atoms with van der Waals surface area (Å²) < 4.78 is 11.7. The molecule has 16 heavy (non-hydrogen) atoms. The smallest absolute Gasteiger partial charge is 0.113 e. The average molecular weight is 218 g/mol. The van der Waals surface area contributed by atoms with Crippen LogP contribution in [0.1, 0.15) is 31.7 Å². The molecule has 2 aliphatic rings. The van der Waals surface area contributed by atoms with Gasteiger partial charge in [0, 0.05) is 0 Å². The Morgan fingerprint density at radius 2 is 2.19 bits per heavy atom. The molecule has 3 atom stereocenters. The van der Waals surface area contributed by atoms with Crippen LogP contribution in [0.3, 0.4) is 0 Å². The van der Waals surface area contributed by atoms with Crippen LogP contribution in [0.25, 0.3) is 0 Å². The molecular formula is C14H18O2. The van der Waals surface area contributed by atoms with Crippen LogP contribution in [0.5, 0.6) is 0 Å². The molecule has 0 N–H and O–H groups in total. The fraction of sp³-hybridized carbons (Fsp3) is 0.571. The van der Waals surface area contributed by atoms with E-state index in [1.54, 1.807) is 0 Å². The summed E-state index contributed by atoms with van der Waals surface area (Å²) in [5, 5.41) is 0. The molecule has 2 nitrogen and oxygen atoms in total. The number of hydrogen-bond acceptors (Lipinski definition) is 2. The van der Waals surface area contributed by atoms with Crippen molar-refractivity contribution in [1.82, 2.24) is 0 Å². The maximum absolute atomic E-state index is 5.96. The molecule has 86 valence electrons. The Kier molecular flexibility index (Phi) is 2.49. The topological polar surface area (TPSA) is 21.8 Å². The largest absolute Gasteiger partial charge is 0.371 e. The molecule has 1 heterocycles. The van der Waals surface area contributed by atoms with Gasteiger partial charge in [-0.25, -0.2) is 0 Å². The lowest BCUT2D eigenvalue weighted by atomic mass is 9.88. The molecule has 0 bridgehead atoms. The van der Waals surface area contributed by atoms with Crippen molar-refractivity contribution in [3.05, 3.63) is 35.9 Å². The third kappa shape index (κ3) is 1.87. The molecule has 0 amide bonds. The molecule has 1 saturated carbocycles. The van der Waals surface area contributed by atoms with E-state index in [1.165, 1.54) is 18.4 Å². The summed E-state index contributed by atoms with van der Waals surface area (Å²) >= 11 is 0. The molecule has 0 aromatic heterocycles. The Morgan fingerprint density at radius 3 is 3.00 bits per heavy atom. The van der Waals surface area contributed by atoms with Crippen molar-refractivity contribution >= 4 is 0 Å². The summed E-state index contributed by atoms with van der Waals surface area (Å²) in [4.78, 5) is 0. The molecule has 0 unspecified atom stereocenters. The third-order valence-corrected chi connectivity index (χ3v) is 3.75. The molecule has 0 spiro atoms. The summed E-state index contributed by atoms with van der Waals surface area (Å²) in [7, 11) is 0. The first kappa shape index (κ1) is 10.3. The Hall–Kier alpha value is -0.860. The molecule has 2 heteroatoms. The van der Waals surface area contributed by atoms with E-state index >= 15 is 0 Å². The standard InChI is InChI=1S/C14H18O2/c1-14-9-5-8-12(13(14)16-14)15-10-11-6-3-2-4-7-11/h2-4,6-7,12-13H,5,8-10H2,1H3/t12-,13-,14+/m0/s1. The minimum atomic E-state index is 0.138. The molecule has 1 saturated heterocycles. The molecule has 1 aliphatic heterocycles. The van der Waals surface area contributed by atoms with E-state index < -0.39 is 0 Å². The van der Waals surface area contributed by atoms with Gasteiger partial charge >= 0.3 is 0 Å². The van der Waals surface area contributed by atoms with Crippen molar-refractivity contribution in [2.45, 2.75) is 50.6 Å². The van der Waals surface area contributed by atoms with E-state index in [4.69, 9.17) is 9.47 Å². The van der Waals surface area contributed by atoms with Gasteiger partial charge in [0.25, 0.3) is 0 Å². The van der Waals surface area contributed by atoms with E-state index in [0.717, 1.165) is 6.42 Å². The van der Waals surface area contributed by atoms with Crippen molar-refractivity contribution in [3.8, 4) is 0 Å². The highest BCUT2D eigenvalue weighted by Gasteiger charge is 2.58. The zero-order valence-electron chi connectivity index (χ0n) is 9.69. The van der Waals surface area contributed by atoms with Gasteiger partial charge in [0.2, 0.25) is 0 Å². The predicted octanol–water partition coefficient (Wildman–Crippen LogP) is 2.91. The zero-order valence-corrected chi connectivity index (χ0v) is 9.69. The highest BCUT2D eigenvalue weighted by molar-refractivity contribution is 5.14. The van der Waals surface area contributed by atoms with Crippen LogP contribution in [0.4, 0.5) is 0 Å². The Labute approximate surface area is 96.6 Å². The van der Waals surface area contributed by atoms with Gasteiger partial charge in [-0.1, -0.05) is 30.3 Å². The number of benzene rings is 1. The van der Waals surface area contributed by atoms with Crippen LogP contribution in [-0.4, -0.2) is 17.8 Å². The van der Waals surface area contributed by atoms with Crippen LogP contribution in [0.15, 0.2) is 30.3 Å². The van der Waals surface area contributed by atoms with Crippen LogP contribution in [0.2, 0.25) is 0 Å². The number of rotatable bonds is 3. The van der Waals surface area contributed by atoms with Gasteiger partial charge in [0.05, 0.1) is 18.3 Å². The molecule has 3 rings (SSSR count). The quantitative estimate of drug-likeness (QED) is 0.728. The average Bonchev–Trinajstić information content (AvgIpc) is 3.00. The van der Waals surface area contributed by atoms with Crippen LogP contribution < -0.4 is 0 Å². The minimum absolute atomic E-state index is 0.138. The lowest BCUT2D eigenvalue weighted by Gasteiger charge is -2.22. The van der Waals surface area contributed by atoms with Gasteiger partial charge in [-0.05, 0) is 31.7 Å². The summed E-state index contributed by atoms with van der Waals surface area (Å²) in [6, 6.07) is 10.4. The lowest BCUT2D eigenvalue weighted by Crippen LogP contribution is -2.30. The second-order valence-corrected chi connectivity index (χ2v) is 5.08. The lowest BCUT2D eigenvalue weighted by molar-refractivity contribution is 0.0123. The number of fused-ring (bicyclic) bond motifs is 1. The first-order valence-electron chi connectivity index (χ1n) is 6.11. The van der Waals surface area contributed by atoms with Crippen LogP contribution in [-0.2, 0) is 16.1 Å². The molecule has 1 aliphatic carbocycles. The van der Waals surface area contributed by atoms with E-state index in [0.29, 0.717) is 18.8 Å². The maximum Gasteiger partial charge on any atom is 0.113 e. The molecule has 2 fully saturated rings. The van der Waals surface area contributed by atoms with Gasteiger partial charge < -0.3 is 9.47 Å². The molecule has 1 aromatic rings. The van der Waals surface area contributed by atoms with Gasteiger partial charge in [-0.3, -0.25) is 0 Å². The fourth-order valence-electron chi connectivity index (χ4n) is 2.68. The third-order valence-electron chi connectivity index (χ3n) is 3.75. The normalized spacial score (nSPS) is 36.8. The summed E-state index contributed by atoms with van der Waals surface area (Å²) in [6.07, 6.45) is 4.23. The monoisotopic (exact) mass is 218 g/mol. The van der Waals surface area contributed by atoms with Gasteiger partial charge in [-0.15, -0.1) is 0 Å². The fourth-order valence-corrected chi connectivity index (χ4v) is 2.68. The SMILES string of the molecule is C[C@@]12CCC[C@H](OCc3ccccc3)[C@@H]1O2. The number of ether oxygens (including phenoxy) is 2. The van der Waals surface area contributed by atoms with E-state index in [9.17, 15) is 0 Å². The molecular weight excluding hydrogens is 200 g/mol. The molecule has 1 aromatic carbocycles. The minimum Gasteiger partial charge on any atom is -0.371 e. The number of epoxide rings is 1. The predicted molar refractivity (Wildman–Crippen MR) is 62.1 cm³/mol. The van der Waals surface area contributed by atoms with Crippen molar-refractivity contribution in [2.75, 3.05) is 0 Å². The second kappa shape index (κ2) is 3.86.